The lowest BCUT2D eigenvalue weighted by molar-refractivity contribution is -0.275. The quantitative estimate of drug-likeness (QED) is 0.304. The molecule has 208 valence electrons. The first-order valence-corrected chi connectivity index (χ1v) is 13.8. The van der Waals surface area contributed by atoms with E-state index in [-0.39, 0.29) is 24.7 Å². The van der Waals surface area contributed by atoms with Gasteiger partial charge in [0.05, 0.1) is 18.8 Å². The summed E-state index contributed by atoms with van der Waals surface area (Å²) in [6.45, 7) is 3.60. The van der Waals surface area contributed by atoms with Gasteiger partial charge in [0.15, 0.2) is 6.29 Å². The van der Waals surface area contributed by atoms with Gasteiger partial charge in [-0.2, -0.15) is 0 Å². The number of nitrogens with one attached hydrogen (secondary N) is 1. The normalized spacial score (nSPS) is 21.6. The summed E-state index contributed by atoms with van der Waals surface area (Å²) < 4.78 is 10.9. The van der Waals surface area contributed by atoms with Crippen molar-refractivity contribution in [3.8, 4) is 0 Å². The second-order valence-corrected chi connectivity index (χ2v) is 12.0. The van der Waals surface area contributed by atoms with Gasteiger partial charge < -0.3 is 24.8 Å². The summed E-state index contributed by atoms with van der Waals surface area (Å²) >= 11 is 17.2. The fourth-order valence-corrected chi connectivity index (χ4v) is 4.68. The molecule has 0 spiro atoms. The third-order valence-corrected chi connectivity index (χ3v) is 7.28. The minimum atomic E-state index is -2.08. The van der Waals surface area contributed by atoms with Gasteiger partial charge in [-0.05, 0) is 42.4 Å². The molecule has 7 nitrogen and oxygen atoms in total. The van der Waals surface area contributed by atoms with E-state index in [1.54, 1.807) is 24.4 Å². The minimum Gasteiger partial charge on any atom is -0.392 e. The first-order valence-electron chi connectivity index (χ1n) is 12.7. The Balaban J connectivity index is 1.55. The molecule has 1 aromatic heterocycles. The van der Waals surface area contributed by atoms with Gasteiger partial charge in [0.2, 0.25) is 0 Å². The average molecular weight is 593 g/mol. The molecule has 1 fully saturated rings. The monoisotopic (exact) mass is 591 g/mol. The number of carbonyl (C=O) groups excluding carboxylic acids is 1. The van der Waals surface area contributed by atoms with Crippen LogP contribution in [0.5, 0.6) is 0 Å². The Bertz CT molecular complexity index is 1220. The fraction of sp³-hybridized carbons (Fsp3) is 0.379. The number of pyridine rings is 1. The fourth-order valence-electron chi connectivity index (χ4n) is 4.54. The molecule has 2 heterocycles. The van der Waals surface area contributed by atoms with Crippen LogP contribution in [-0.2, 0) is 27.3 Å². The number of carbonyl (C=O) groups is 1. The highest BCUT2D eigenvalue weighted by Gasteiger charge is 2.39. The van der Waals surface area contributed by atoms with Crippen LogP contribution in [-0.4, -0.2) is 50.9 Å². The summed E-state index contributed by atoms with van der Waals surface area (Å²) in [7, 11) is 2.07. The van der Waals surface area contributed by atoms with Crippen molar-refractivity contribution >= 4 is 46.4 Å². The van der Waals surface area contributed by atoms with Crippen molar-refractivity contribution in [1.82, 2.24) is 9.88 Å². The number of aliphatic hydroxyl groups is 1. The number of hydrogen-bond donors (Lipinski definition) is 2. The van der Waals surface area contributed by atoms with Gasteiger partial charge in [-0.3, -0.25) is 9.78 Å². The highest BCUT2D eigenvalue weighted by Crippen LogP contribution is 2.42. The molecule has 39 heavy (non-hydrogen) atoms. The van der Waals surface area contributed by atoms with E-state index in [1.165, 1.54) is 0 Å². The Hall–Kier alpha value is -2.23. The highest BCUT2D eigenvalue weighted by atomic mass is 35.6. The molecular weight excluding hydrogens is 561 g/mol. The van der Waals surface area contributed by atoms with Crippen LogP contribution in [0.25, 0.3) is 0 Å². The SMILES string of the molecule is CC1C(CN(C)CCc2ccccn2)OC(c2cccc(NC(=O)C(Cl)(Cl)Cl)c2)OC1c1ccc(CO)cc1. The zero-order valence-corrected chi connectivity index (χ0v) is 24.0. The molecule has 10 heteroatoms. The zero-order valence-electron chi connectivity index (χ0n) is 21.8. The Morgan fingerprint density at radius 3 is 2.49 bits per heavy atom. The molecule has 1 saturated heterocycles. The van der Waals surface area contributed by atoms with E-state index in [2.05, 4.69) is 29.2 Å². The van der Waals surface area contributed by atoms with Crippen LogP contribution in [0.2, 0.25) is 0 Å². The van der Waals surface area contributed by atoms with Crippen molar-refractivity contribution in [2.75, 3.05) is 25.5 Å². The van der Waals surface area contributed by atoms with Gasteiger partial charge in [0, 0.05) is 48.6 Å². The number of nitrogens with zero attached hydrogens (tertiary/aromatic N) is 2. The number of likely N-dealkylation sites (N-methyl/N-ethyl adjacent to an activating group) is 1. The smallest absolute Gasteiger partial charge is 0.276 e. The number of hydrogen-bond acceptors (Lipinski definition) is 6. The predicted octanol–water partition coefficient (Wildman–Crippen LogP) is 5.85. The largest absolute Gasteiger partial charge is 0.392 e. The lowest BCUT2D eigenvalue weighted by Crippen LogP contribution is -2.44. The molecule has 0 radical (unpaired) electrons. The third kappa shape index (κ3) is 8.14. The predicted molar refractivity (Wildman–Crippen MR) is 154 cm³/mol. The van der Waals surface area contributed by atoms with Gasteiger partial charge in [-0.25, -0.2) is 0 Å². The molecule has 3 aromatic rings. The Labute approximate surface area is 244 Å². The zero-order chi connectivity index (χ0) is 28.0. The van der Waals surface area contributed by atoms with E-state index >= 15 is 0 Å². The van der Waals surface area contributed by atoms with Crippen LogP contribution in [0.1, 0.15) is 41.7 Å². The Morgan fingerprint density at radius 2 is 1.82 bits per heavy atom. The Morgan fingerprint density at radius 1 is 1.05 bits per heavy atom. The van der Waals surface area contributed by atoms with Crippen molar-refractivity contribution < 1.29 is 19.4 Å². The van der Waals surface area contributed by atoms with Crippen LogP contribution in [0.15, 0.2) is 72.9 Å². The first kappa shape index (κ1) is 29.7. The molecule has 1 aliphatic heterocycles. The molecule has 4 atom stereocenters. The lowest BCUT2D eigenvalue weighted by Gasteiger charge is -2.42. The maximum absolute atomic E-state index is 12.2. The maximum Gasteiger partial charge on any atom is 0.276 e. The number of aromatic nitrogens is 1. The molecule has 0 bridgehead atoms. The molecule has 2 aromatic carbocycles. The second kappa shape index (κ2) is 13.4. The van der Waals surface area contributed by atoms with Crippen LogP contribution in [0.3, 0.4) is 0 Å². The number of halogens is 3. The lowest BCUT2D eigenvalue weighted by atomic mass is 9.90. The summed E-state index contributed by atoms with van der Waals surface area (Å²) in [5.74, 6) is -0.719. The van der Waals surface area contributed by atoms with Gasteiger partial charge in [-0.1, -0.05) is 84.2 Å². The number of rotatable bonds is 9. The van der Waals surface area contributed by atoms with Crippen LogP contribution >= 0.6 is 34.8 Å². The number of anilines is 1. The van der Waals surface area contributed by atoms with Crippen molar-refractivity contribution in [3.05, 3.63) is 95.3 Å². The average Bonchev–Trinajstić information content (AvgIpc) is 2.93. The van der Waals surface area contributed by atoms with E-state index in [9.17, 15) is 9.90 Å². The maximum atomic E-state index is 12.2. The molecule has 4 rings (SSSR count). The van der Waals surface area contributed by atoms with Gasteiger partial charge in [-0.15, -0.1) is 0 Å². The van der Waals surface area contributed by atoms with Gasteiger partial charge in [0.25, 0.3) is 9.70 Å². The van der Waals surface area contributed by atoms with E-state index in [0.717, 1.165) is 35.3 Å². The Kier molecular flexibility index (Phi) is 10.2. The first-order chi connectivity index (χ1) is 18.6. The molecular formula is C29H32Cl3N3O4. The molecule has 4 unspecified atom stereocenters. The minimum absolute atomic E-state index is 0.0243. The highest BCUT2D eigenvalue weighted by molar-refractivity contribution is 6.76. The van der Waals surface area contributed by atoms with Crippen molar-refractivity contribution in [2.45, 2.75) is 42.2 Å². The van der Waals surface area contributed by atoms with E-state index < -0.39 is 16.0 Å². The van der Waals surface area contributed by atoms with Crippen molar-refractivity contribution in [1.29, 1.82) is 0 Å². The van der Waals surface area contributed by atoms with Crippen molar-refractivity contribution in [2.24, 2.45) is 5.92 Å². The number of amides is 1. The summed E-state index contributed by atoms with van der Waals surface area (Å²) in [4.78, 5) is 18.9. The number of benzene rings is 2. The van der Waals surface area contributed by atoms with E-state index in [1.807, 2.05) is 48.5 Å². The van der Waals surface area contributed by atoms with Crippen LogP contribution < -0.4 is 5.32 Å². The molecule has 0 saturated carbocycles. The molecule has 1 aliphatic rings. The standard InChI is InChI=1S/C29H32Cl3N3O4/c1-19-25(17-35(2)15-13-23-7-3-4-14-33-23)38-27(39-26(19)21-11-9-20(18-36)10-12-21)22-6-5-8-24(16-22)34-28(37)29(30,31)32/h3-12,14,16,19,25-27,36H,13,15,17-18H2,1-2H3,(H,34,37). The summed E-state index contributed by atoms with van der Waals surface area (Å²) in [6, 6.07) is 20.8. The molecule has 1 amide bonds. The number of ether oxygens (including phenoxy) is 2. The topological polar surface area (TPSA) is 83.9 Å². The van der Waals surface area contributed by atoms with E-state index in [0.29, 0.717) is 12.2 Å². The summed E-state index contributed by atoms with van der Waals surface area (Å²) in [5, 5.41) is 12.1. The third-order valence-electron chi connectivity index (χ3n) is 6.76. The second-order valence-electron chi connectivity index (χ2n) is 9.73. The van der Waals surface area contributed by atoms with E-state index in [4.69, 9.17) is 44.3 Å². The molecule has 2 N–H and O–H groups in total. The summed E-state index contributed by atoms with van der Waals surface area (Å²) in [5.41, 5.74) is 4.05. The number of alkyl halides is 3. The summed E-state index contributed by atoms with van der Waals surface area (Å²) in [6.07, 6.45) is 1.53. The van der Waals surface area contributed by atoms with Gasteiger partial charge >= 0.3 is 0 Å². The molecule has 0 aliphatic carbocycles. The number of aliphatic hydroxyl groups excluding tert-OH is 1. The van der Waals surface area contributed by atoms with Crippen molar-refractivity contribution in [3.63, 3.8) is 0 Å². The van der Waals surface area contributed by atoms with Crippen LogP contribution in [0.4, 0.5) is 5.69 Å². The van der Waals surface area contributed by atoms with Gasteiger partial charge in [0.1, 0.15) is 0 Å². The van der Waals surface area contributed by atoms with Crippen LogP contribution in [0, 0.1) is 5.92 Å².